The second kappa shape index (κ2) is 4.14. The van der Waals surface area contributed by atoms with Crippen LogP contribution in [0.5, 0.6) is 0 Å². The van der Waals surface area contributed by atoms with Crippen LogP contribution in [0.1, 0.15) is 30.3 Å². The Labute approximate surface area is 99.4 Å². The lowest BCUT2D eigenvalue weighted by Crippen LogP contribution is -2.28. The van der Waals surface area contributed by atoms with Gasteiger partial charge in [-0.2, -0.15) is 0 Å². The standard InChI is InChI=1S/C12H16N2O3/c15-12(16)8-1-2-10-5-13-11(14(10)6-8)9-3-4-17-7-9/h5,8-9H,1-4,6-7H2,(H,15,16). The van der Waals surface area contributed by atoms with E-state index >= 15 is 0 Å². The van der Waals surface area contributed by atoms with E-state index in [1.807, 2.05) is 6.20 Å². The van der Waals surface area contributed by atoms with E-state index in [-0.39, 0.29) is 5.92 Å². The van der Waals surface area contributed by atoms with Crippen LogP contribution in [0, 0.1) is 5.92 Å². The van der Waals surface area contributed by atoms with Crippen LogP contribution in [0.3, 0.4) is 0 Å². The predicted molar refractivity (Wildman–Crippen MR) is 59.9 cm³/mol. The minimum atomic E-state index is -0.696. The molecule has 17 heavy (non-hydrogen) atoms. The third kappa shape index (κ3) is 1.84. The Morgan fingerprint density at radius 1 is 1.53 bits per heavy atom. The van der Waals surface area contributed by atoms with Crippen LogP contribution in [0.15, 0.2) is 6.20 Å². The van der Waals surface area contributed by atoms with E-state index in [1.54, 1.807) is 0 Å². The summed E-state index contributed by atoms with van der Waals surface area (Å²) < 4.78 is 7.48. The molecule has 1 N–H and O–H groups in total. The zero-order valence-electron chi connectivity index (χ0n) is 9.63. The van der Waals surface area contributed by atoms with Crippen molar-refractivity contribution in [1.29, 1.82) is 0 Å². The first-order valence-corrected chi connectivity index (χ1v) is 6.10. The Hall–Kier alpha value is -1.36. The van der Waals surface area contributed by atoms with E-state index in [9.17, 15) is 4.79 Å². The first-order chi connectivity index (χ1) is 8.25. The number of fused-ring (bicyclic) bond motifs is 1. The summed E-state index contributed by atoms with van der Waals surface area (Å²) in [4.78, 5) is 15.5. The topological polar surface area (TPSA) is 64.3 Å². The first-order valence-electron chi connectivity index (χ1n) is 6.10. The molecule has 0 amide bonds. The number of ether oxygens (including phenoxy) is 1. The molecule has 0 aliphatic carbocycles. The molecule has 5 heteroatoms. The molecule has 3 heterocycles. The fourth-order valence-electron chi connectivity index (χ4n) is 2.74. The van der Waals surface area contributed by atoms with Crippen molar-refractivity contribution < 1.29 is 14.6 Å². The molecule has 0 spiro atoms. The van der Waals surface area contributed by atoms with Gasteiger partial charge in [-0.25, -0.2) is 4.98 Å². The molecule has 0 saturated carbocycles. The summed E-state index contributed by atoms with van der Waals surface area (Å²) in [5, 5.41) is 9.10. The summed E-state index contributed by atoms with van der Waals surface area (Å²) in [6, 6.07) is 0. The van der Waals surface area contributed by atoms with E-state index < -0.39 is 5.97 Å². The van der Waals surface area contributed by atoms with E-state index in [2.05, 4.69) is 9.55 Å². The molecule has 2 atom stereocenters. The van der Waals surface area contributed by atoms with Crippen LogP contribution in [0.4, 0.5) is 0 Å². The highest BCUT2D eigenvalue weighted by Gasteiger charge is 2.30. The maximum Gasteiger partial charge on any atom is 0.308 e. The molecule has 1 aromatic rings. The highest BCUT2D eigenvalue weighted by molar-refractivity contribution is 5.70. The normalized spacial score (nSPS) is 28.0. The molecule has 2 aliphatic rings. The molecular weight excluding hydrogens is 220 g/mol. The number of carboxylic acids is 1. The van der Waals surface area contributed by atoms with Gasteiger partial charge in [0, 0.05) is 31.0 Å². The highest BCUT2D eigenvalue weighted by atomic mass is 16.5. The van der Waals surface area contributed by atoms with Crippen molar-refractivity contribution in [2.75, 3.05) is 13.2 Å². The molecular formula is C12H16N2O3. The number of hydrogen-bond acceptors (Lipinski definition) is 3. The first kappa shape index (κ1) is 10.8. The van der Waals surface area contributed by atoms with Crippen molar-refractivity contribution >= 4 is 5.97 Å². The molecule has 3 rings (SSSR count). The summed E-state index contributed by atoms with van der Waals surface area (Å²) in [5.74, 6) is 0.399. The molecule has 1 fully saturated rings. The Morgan fingerprint density at radius 2 is 2.41 bits per heavy atom. The van der Waals surface area contributed by atoms with Crippen molar-refractivity contribution in [3.05, 3.63) is 17.7 Å². The number of aryl methyl sites for hydroxylation is 1. The summed E-state index contributed by atoms with van der Waals surface area (Å²) in [6.07, 6.45) is 4.43. The summed E-state index contributed by atoms with van der Waals surface area (Å²) in [7, 11) is 0. The average Bonchev–Trinajstić information content (AvgIpc) is 2.96. The molecule has 92 valence electrons. The number of imidazole rings is 1. The van der Waals surface area contributed by atoms with E-state index in [0.29, 0.717) is 19.1 Å². The average molecular weight is 236 g/mol. The highest BCUT2D eigenvalue weighted by Crippen LogP contribution is 2.29. The molecule has 5 nitrogen and oxygen atoms in total. The lowest BCUT2D eigenvalue weighted by molar-refractivity contribution is -0.142. The SMILES string of the molecule is O=C(O)C1CCc2cnc(C3CCOC3)n2C1. The van der Waals surface area contributed by atoms with Crippen molar-refractivity contribution in [3.8, 4) is 0 Å². The van der Waals surface area contributed by atoms with Gasteiger partial charge in [0.15, 0.2) is 0 Å². The number of rotatable bonds is 2. The van der Waals surface area contributed by atoms with Gasteiger partial charge in [0.2, 0.25) is 0 Å². The number of carboxylic acid groups (broad SMARTS) is 1. The minimum Gasteiger partial charge on any atom is -0.481 e. The molecule has 0 bridgehead atoms. The van der Waals surface area contributed by atoms with Crippen molar-refractivity contribution in [1.82, 2.24) is 9.55 Å². The van der Waals surface area contributed by atoms with Gasteiger partial charge in [0.05, 0.1) is 12.5 Å². The third-order valence-electron chi connectivity index (χ3n) is 3.77. The number of nitrogens with zero attached hydrogens (tertiary/aromatic N) is 2. The Kier molecular flexibility index (Phi) is 2.63. The largest absolute Gasteiger partial charge is 0.481 e. The van der Waals surface area contributed by atoms with Gasteiger partial charge >= 0.3 is 5.97 Å². The fourth-order valence-corrected chi connectivity index (χ4v) is 2.74. The van der Waals surface area contributed by atoms with Gasteiger partial charge in [-0.15, -0.1) is 0 Å². The minimum absolute atomic E-state index is 0.266. The van der Waals surface area contributed by atoms with Crippen molar-refractivity contribution in [3.63, 3.8) is 0 Å². The third-order valence-corrected chi connectivity index (χ3v) is 3.77. The maximum absolute atomic E-state index is 11.1. The smallest absolute Gasteiger partial charge is 0.308 e. The Balaban J connectivity index is 1.88. The predicted octanol–water partition coefficient (Wildman–Crippen LogP) is 1.03. The maximum atomic E-state index is 11.1. The molecule has 2 aliphatic heterocycles. The van der Waals surface area contributed by atoms with Crippen molar-refractivity contribution in [2.24, 2.45) is 5.92 Å². The van der Waals surface area contributed by atoms with Crippen LogP contribution < -0.4 is 0 Å². The zero-order valence-corrected chi connectivity index (χ0v) is 9.63. The van der Waals surface area contributed by atoms with Crippen LogP contribution in [0.25, 0.3) is 0 Å². The lowest BCUT2D eigenvalue weighted by Gasteiger charge is -2.23. The van der Waals surface area contributed by atoms with Crippen molar-refractivity contribution in [2.45, 2.75) is 31.7 Å². The number of aromatic nitrogens is 2. The summed E-state index contributed by atoms with van der Waals surface area (Å²) >= 11 is 0. The number of hydrogen-bond donors (Lipinski definition) is 1. The lowest BCUT2D eigenvalue weighted by atomic mass is 9.97. The molecule has 2 unspecified atom stereocenters. The van der Waals surface area contributed by atoms with Gasteiger partial charge in [-0.05, 0) is 19.3 Å². The van der Waals surface area contributed by atoms with Gasteiger partial charge < -0.3 is 14.4 Å². The second-order valence-electron chi connectivity index (χ2n) is 4.85. The van der Waals surface area contributed by atoms with E-state index in [1.165, 1.54) is 5.69 Å². The van der Waals surface area contributed by atoms with Gasteiger partial charge in [-0.1, -0.05) is 0 Å². The van der Waals surface area contributed by atoms with E-state index in [4.69, 9.17) is 9.84 Å². The molecule has 0 radical (unpaired) electrons. The quantitative estimate of drug-likeness (QED) is 0.833. The van der Waals surface area contributed by atoms with Gasteiger partial charge in [0.25, 0.3) is 0 Å². The number of aliphatic carboxylic acids is 1. The summed E-state index contributed by atoms with van der Waals surface area (Å²) in [5.41, 5.74) is 1.17. The second-order valence-corrected chi connectivity index (χ2v) is 4.85. The van der Waals surface area contributed by atoms with Crippen LogP contribution in [0.2, 0.25) is 0 Å². The monoisotopic (exact) mass is 236 g/mol. The van der Waals surface area contributed by atoms with Crippen LogP contribution in [-0.4, -0.2) is 33.8 Å². The Bertz CT molecular complexity index is 435. The van der Waals surface area contributed by atoms with Crippen LogP contribution in [-0.2, 0) is 22.5 Å². The van der Waals surface area contributed by atoms with Gasteiger partial charge in [0.1, 0.15) is 5.82 Å². The Morgan fingerprint density at radius 3 is 3.12 bits per heavy atom. The summed E-state index contributed by atoms with van der Waals surface area (Å²) in [6.45, 7) is 2.07. The zero-order chi connectivity index (χ0) is 11.8. The number of carbonyl (C=O) groups is 1. The van der Waals surface area contributed by atoms with Gasteiger partial charge in [-0.3, -0.25) is 4.79 Å². The van der Waals surface area contributed by atoms with Crippen LogP contribution >= 0.6 is 0 Å². The molecule has 1 saturated heterocycles. The fraction of sp³-hybridized carbons (Fsp3) is 0.667. The van der Waals surface area contributed by atoms with E-state index in [0.717, 1.165) is 31.7 Å². The molecule has 0 aromatic carbocycles. The molecule has 1 aromatic heterocycles.